The first-order chi connectivity index (χ1) is 10.0. The van der Waals surface area contributed by atoms with E-state index in [0.717, 1.165) is 25.8 Å². The highest BCUT2D eigenvalue weighted by Crippen LogP contribution is 2.37. The summed E-state index contributed by atoms with van der Waals surface area (Å²) in [5, 5.41) is 2.83. The van der Waals surface area contributed by atoms with Crippen LogP contribution in [0.4, 0.5) is 0 Å². The van der Waals surface area contributed by atoms with Crippen molar-refractivity contribution >= 4 is 10.8 Å². The van der Waals surface area contributed by atoms with Crippen molar-refractivity contribution in [2.24, 2.45) is 5.73 Å². The molecular formula is C20H29N. The minimum atomic E-state index is 0.216. The van der Waals surface area contributed by atoms with E-state index in [1.807, 2.05) is 0 Å². The Kier molecular flexibility index (Phi) is 5.05. The van der Waals surface area contributed by atoms with E-state index in [4.69, 9.17) is 5.73 Å². The van der Waals surface area contributed by atoms with E-state index in [1.54, 1.807) is 0 Å². The Bertz CT molecular complexity index is 598. The lowest BCUT2D eigenvalue weighted by Crippen LogP contribution is -2.16. The van der Waals surface area contributed by atoms with Gasteiger partial charge in [0.1, 0.15) is 0 Å². The Labute approximate surface area is 129 Å². The zero-order valence-corrected chi connectivity index (χ0v) is 13.9. The van der Waals surface area contributed by atoms with Gasteiger partial charge in [-0.05, 0) is 59.0 Å². The van der Waals surface area contributed by atoms with Crippen LogP contribution < -0.4 is 5.73 Å². The first kappa shape index (κ1) is 16.0. The van der Waals surface area contributed by atoms with Crippen molar-refractivity contribution < 1.29 is 0 Å². The first-order valence-corrected chi connectivity index (χ1v) is 8.27. The van der Waals surface area contributed by atoms with E-state index in [1.165, 1.54) is 21.9 Å². The van der Waals surface area contributed by atoms with Crippen molar-refractivity contribution in [2.75, 3.05) is 6.54 Å². The molecule has 2 aromatic rings. The largest absolute Gasteiger partial charge is 0.330 e. The summed E-state index contributed by atoms with van der Waals surface area (Å²) in [6, 6.07) is 13.6. The third kappa shape index (κ3) is 3.13. The van der Waals surface area contributed by atoms with Crippen molar-refractivity contribution in [3.05, 3.63) is 47.5 Å². The highest BCUT2D eigenvalue weighted by Gasteiger charge is 2.22. The van der Waals surface area contributed by atoms with Crippen LogP contribution >= 0.6 is 0 Å². The van der Waals surface area contributed by atoms with Crippen LogP contribution in [0.25, 0.3) is 10.8 Å². The minimum absolute atomic E-state index is 0.216. The van der Waals surface area contributed by atoms with Gasteiger partial charge in [-0.15, -0.1) is 0 Å². The summed E-state index contributed by atoms with van der Waals surface area (Å²) in [5.41, 5.74) is 8.95. The molecule has 0 aliphatic rings. The van der Waals surface area contributed by atoms with Crippen molar-refractivity contribution in [1.82, 2.24) is 0 Å². The lowest BCUT2D eigenvalue weighted by molar-refractivity contribution is 0.510. The molecular weight excluding hydrogens is 254 g/mol. The van der Waals surface area contributed by atoms with Crippen molar-refractivity contribution in [3.8, 4) is 0 Å². The molecule has 1 unspecified atom stereocenters. The maximum atomic E-state index is 5.81. The monoisotopic (exact) mass is 283 g/mol. The first-order valence-electron chi connectivity index (χ1n) is 8.27. The predicted molar refractivity (Wildman–Crippen MR) is 94.0 cm³/mol. The van der Waals surface area contributed by atoms with E-state index in [-0.39, 0.29) is 5.41 Å². The van der Waals surface area contributed by atoms with Gasteiger partial charge in [0, 0.05) is 0 Å². The second kappa shape index (κ2) is 6.62. The van der Waals surface area contributed by atoms with Crippen molar-refractivity contribution in [3.63, 3.8) is 0 Å². The Morgan fingerprint density at radius 3 is 2.24 bits per heavy atom. The second-order valence-corrected chi connectivity index (χ2v) is 6.67. The third-order valence-electron chi connectivity index (χ3n) is 5.02. The predicted octanol–water partition coefficient (Wildman–Crippen LogP) is 5.37. The third-order valence-corrected chi connectivity index (χ3v) is 5.02. The van der Waals surface area contributed by atoms with Gasteiger partial charge >= 0.3 is 0 Å². The maximum absolute atomic E-state index is 5.81. The van der Waals surface area contributed by atoms with Crippen LogP contribution in [-0.2, 0) is 5.41 Å². The molecule has 2 N–H and O–H groups in total. The van der Waals surface area contributed by atoms with Crippen LogP contribution in [0, 0.1) is 0 Å². The molecule has 0 amide bonds. The Morgan fingerprint density at radius 1 is 1.00 bits per heavy atom. The molecule has 0 aromatic heterocycles. The van der Waals surface area contributed by atoms with E-state index in [9.17, 15) is 0 Å². The molecule has 0 bridgehead atoms. The van der Waals surface area contributed by atoms with E-state index in [0.29, 0.717) is 5.92 Å². The molecule has 0 spiro atoms. The van der Waals surface area contributed by atoms with Crippen LogP contribution in [-0.4, -0.2) is 6.54 Å². The second-order valence-electron chi connectivity index (χ2n) is 6.67. The summed E-state index contributed by atoms with van der Waals surface area (Å²) < 4.78 is 0. The van der Waals surface area contributed by atoms with Crippen molar-refractivity contribution in [2.45, 2.75) is 58.3 Å². The van der Waals surface area contributed by atoms with E-state index < -0.39 is 0 Å². The number of rotatable bonds is 6. The number of nitrogens with two attached hydrogens (primary N) is 1. The Morgan fingerprint density at radius 2 is 1.67 bits per heavy atom. The molecule has 0 fully saturated rings. The van der Waals surface area contributed by atoms with Gasteiger partial charge < -0.3 is 5.73 Å². The van der Waals surface area contributed by atoms with Gasteiger partial charge in [-0.2, -0.15) is 0 Å². The van der Waals surface area contributed by atoms with Crippen LogP contribution in [0.3, 0.4) is 0 Å². The summed E-state index contributed by atoms with van der Waals surface area (Å²) in [6.07, 6.45) is 3.37. The van der Waals surface area contributed by atoms with Gasteiger partial charge in [-0.3, -0.25) is 0 Å². The highest BCUT2D eigenvalue weighted by atomic mass is 14.5. The van der Waals surface area contributed by atoms with Gasteiger partial charge in [-0.1, -0.05) is 64.1 Å². The standard InChI is InChI=1S/C20H29N/c1-5-15(13-14-21)16-11-12-19(20(3,4)6-2)18-10-8-7-9-17(16)18/h7-12,15H,5-6,13-14,21H2,1-4H3. The SMILES string of the molecule is CCC(CCN)c1ccc(C(C)(C)CC)c2ccccc12. The zero-order valence-electron chi connectivity index (χ0n) is 13.9. The fourth-order valence-electron chi connectivity index (χ4n) is 3.24. The van der Waals surface area contributed by atoms with Gasteiger partial charge in [-0.25, -0.2) is 0 Å². The molecule has 1 nitrogen and oxygen atoms in total. The van der Waals surface area contributed by atoms with Crippen LogP contribution in [0.5, 0.6) is 0 Å². The fraction of sp³-hybridized carbons (Fsp3) is 0.500. The normalized spacial score (nSPS) is 13.6. The maximum Gasteiger partial charge on any atom is -0.00714 e. The molecule has 1 atom stereocenters. The summed E-state index contributed by atoms with van der Waals surface area (Å²) >= 11 is 0. The smallest absolute Gasteiger partial charge is 0.00714 e. The molecule has 0 aliphatic heterocycles. The fourth-order valence-corrected chi connectivity index (χ4v) is 3.24. The van der Waals surface area contributed by atoms with Gasteiger partial charge in [0.05, 0.1) is 0 Å². The number of fused-ring (bicyclic) bond motifs is 1. The number of benzene rings is 2. The molecule has 0 radical (unpaired) electrons. The summed E-state index contributed by atoms with van der Waals surface area (Å²) in [5.74, 6) is 0.568. The van der Waals surface area contributed by atoms with Gasteiger partial charge in [0.25, 0.3) is 0 Å². The summed E-state index contributed by atoms with van der Waals surface area (Å²) in [6.45, 7) is 9.97. The quantitative estimate of drug-likeness (QED) is 0.757. The summed E-state index contributed by atoms with van der Waals surface area (Å²) in [7, 11) is 0. The molecule has 0 saturated carbocycles. The Hall–Kier alpha value is -1.34. The number of hydrogen-bond acceptors (Lipinski definition) is 1. The van der Waals surface area contributed by atoms with E-state index in [2.05, 4.69) is 64.1 Å². The lowest BCUT2D eigenvalue weighted by atomic mass is 9.77. The van der Waals surface area contributed by atoms with Crippen LogP contribution in [0.15, 0.2) is 36.4 Å². The average molecular weight is 283 g/mol. The minimum Gasteiger partial charge on any atom is -0.330 e. The zero-order chi connectivity index (χ0) is 15.5. The molecule has 1 heteroatoms. The van der Waals surface area contributed by atoms with Gasteiger partial charge in [0.15, 0.2) is 0 Å². The topological polar surface area (TPSA) is 26.0 Å². The van der Waals surface area contributed by atoms with Crippen LogP contribution in [0.1, 0.15) is 64.0 Å². The molecule has 0 heterocycles. The Balaban J connectivity index is 2.65. The lowest BCUT2D eigenvalue weighted by Gasteiger charge is -2.27. The molecule has 2 aromatic carbocycles. The summed E-state index contributed by atoms with van der Waals surface area (Å²) in [4.78, 5) is 0. The molecule has 2 rings (SSSR count). The highest BCUT2D eigenvalue weighted by molar-refractivity contribution is 5.90. The molecule has 114 valence electrons. The van der Waals surface area contributed by atoms with Crippen LogP contribution in [0.2, 0.25) is 0 Å². The number of hydrogen-bond donors (Lipinski definition) is 1. The van der Waals surface area contributed by atoms with E-state index >= 15 is 0 Å². The molecule has 0 aliphatic carbocycles. The van der Waals surface area contributed by atoms with Crippen molar-refractivity contribution in [1.29, 1.82) is 0 Å². The average Bonchev–Trinajstić information content (AvgIpc) is 2.51. The molecule has 21 heavy (non-hydrogen) atoms. The van der Waals surface area contributed by atoms with Gasteiger partial charge in [0.2, 0.25) is 0 Å². The molecule has 0 saturated heterocycles.